The van der Waals surface area contributed by atoms with Crippen molar-refractivity contribution < 1.29 is 72.4 Å². The Kier molecular flexibility index (Phi) is 9.05. The third-order valence-electron chi connectivity index (χ3n) is 5.15. The molecule has 3 rings (SSSR count). The summed E-state index contributed by atoms with van der Waals surface area (Å²) in [4.78, 5) is 43.3. The second-order valence-corrected chi connectivity index (χ2v) is 10.7. The summed E-state index contributed by atoms with van der Waals surface area (Å²) in [6, 6.07) is 0.921. The fraction of sp³-hybridized carbons (Fsp3) is 0.733. The van der Waals surface area contributed by atoms with Crippen LogP contribution in [-0.4, -0.2) is 112 Å². The third-order valence-corrected chi connectivity index (χ3v) is 7.73. The summed E-state index contributed by atoms with van der Waals surface area (Å²) in [5, 5.41) is 59.3. The Balaban J connectivity index is 1.77. The van der Waals surface area contributed by atoms with E-state index in [2.05, 4.69) is 4.31 Å². The first-order valence-corrected chi connectivity index (χ1v) is 13.0. The van der Waals surface area contributed by atoms with Gasteiger partial charge in [0.25, 0.3) is 5.56 Å². The van der Waals surface area contributed by atoms with Crippen LogP contribution in [0.25, 0.3) is 0 Å². The van der Waals surface area contributed by atoms with Gasteiger partial charge >= 0.3 is 21.3 Å². The molecule has 0 amide bonds. The zero-order chi connectivity index (χ0) is 27.0. The van der Waals surface area contributed by atoms with Crippen molar-refractivity contribution in [1.29, 1.82) is 0 Å². The Morgan fingerprint density at radius 2 is 1.58 bits per heavy atom. The Morgan fingerprint density at radius 1 is 0.944 bits per heavy atom. The summed E-state index contributed by atoms with van der Waals surface area (Å²) in [5.41, 5.74) is -1.77. The van der Waals surface area contributed by atoms with Crippen LogP contribution >= 0.6 is 15.6 Å². The minimum atomic E-state index is -5.63. The number of ether oxygens (including phenoxy) is 2. The van der Waals surface area contributed by atoms with Crippen LogP contribution in [0.4, 0.5) is 0 Å². The number of H-pyrrole nitrogens is 1. The average molecular weight is 566 g/mol. The summed E-state index contributed by atoms with van der Waals surface area (Å²) in [5.74, 6) is 0. The topological polar surface area (TPSA) is 297 Å². The van der Waals surface area contributed by atoms with E-state index < -0.39 is 95.4 Å². The maximum Gasteiger partial charge on any atom is 0.486 e. The molecule has 2 aliphatic heterocycles. The summed E-state index contributed by atoms with van der Waals surface area (Å²) in [6.45, 7) is -1.97. The van der Waals surface area contributed by atoms with E-state index in [0.29, 0.717) is 4.57 Å². The van der Waals surface area contributed by atoms with Gasteiger partial charge in [0, 0.05) is 12.3 Å². The van der Waals surface area contributed by atoms with Crippen molar-refractivity contribution in [3.05, 3.63) is 33.1 Å². The lowest BCUT2D eigenvalue weighted by atomic mass is 10.00. The maximum atomic E-state index is 13.0. The molecule has 19 nitrogen and oxygen atoms in total. The maximum absolute atomic E-state index is 13.0. The molecule has 1 aromatic rings. The van der Waals surface area contributed by atoms with Gasteiger partial charge in [0.15, 0.2) is 12.5 Å². The molecule has 1 aromatic heterocycles. The molecule has 2 saturated heterocycles. The minimum absolute atomic E-state index is 0.714. The number of phosphoric ester groups is 1. The van der Waals surface area contributed by atoms with Crippen LogP contribution in [0.1, 0.15) is 6.23 Å². The predicted octanol–water partition coefficient (Wildman–Crippen LogP) is -4.79. The Hall–Kier alpha value is -1.38. The monoisotopic (exact) mass is 566 g/mol. The Bertz CT molecular complexity index is 1120. The van der Waals surface area contributed by atoms with Gasteiger partial charge in [-0.1, -0.05) is 0 Å². The van der Waals surface area contributed by atoms with Crippen molar-refractivity contribution in [3.8, 4) is 0 Å². The predicted molar refractivity (Wildman–Crippen MR) is 109 cm³/mol. The lowest BCUT2D eigenvalue weighted by molar-refractivity contribution is -0.281. The highest BCUT2D eigenvalue weighted by Gasteiger charge is 2.50. The normalized spacial score (nSPS) is 37.1. The lowest BCUT2D eigenvalue weighted by Gasteiger charge is -2.40. The number of aliphatic hydroxyl groups is 6. The largest absolute Gasteiger partial charge is 0.486 e. The first-order chi connectivity index (χ1) is 16.7. The number of hydrogen-bond acceptors (Lipinski definition) is 15. The first-order valence-electron chi connectivity index (χ1n) is 9.99. The molecule has 2 fully saturated rings. The average Bonchev–Trinajstić information content (AvgIpc) is 3.05. The van der Waals surface area contributed by atoms with E-state index in [4.69, 9.17) is 28.3 Å². The van der Waals surface area contributed by atoms with Crippen LogP contribution in [0.15, 0.2) is 21.9 Å². The van der Waals surface area contributed by atoms with E-state index in [0.717, 1.165) is 12.3 Å². The van der Waals surface area contributed by atoms with E-state index in [-0.39, 0.29) is 0 Å². The smallest absolute Gasteiger partial charge is 0.394 e. The molecule has 0 radical (unpaired) electrons. The van der Waals surface area contributed by atoms with E-state index in [9.17, 15) is 49.4 Å². The summed E-state index contributed by atoms with van der Waals surface area (Å²) in [7, 11) is -11.1. The Morgan fingerprint density at radius 3 is 2.17 bits per heavy atom. The van der Waals surface area contributed by atoms with Gasteiger partial charge in [-0.3, -0.25) is 23.4 Å². The van der Waals surface area contributed by atoms with E-state index >= 15 is 0 Å². The van der Waals surface area contributed by atoms with Gasteiger partial charge in [0.05, 0.1) is 13.2 Å². The van der Waals surface area contributed by atoms with Crippen LogP contribution in [0.3, 0.4) is 0 Å². The molecule has 21 heteroatoms. The molecule has 0 aromatic carbocycles. The van der Waals surface area contributed by atoms with Crippen LogP contribution in [0, 0.1) is 0 Å². The van der Waals surface area contributed by atoms with E-state index in [1.54, 1.807) is 0 Å². The van der Waals surface area contributed by atoms with Gasteiger partial charge in [-0.15, -0.1) is 0 Å². The van der Waals surface area contributed by atoms with Crippen molar-refractivity contribution in [3.63, 3.8) is 0 Å². The van der Waals surface area contributed by atoms with Crippen LogP contribution in [0.5, 0.6) is 0 Å². The molecular formula is C15H24N2O17P2. The van der Waals surface area contributed by atoms with Crippen LogP contribution in [0.2, 0.25) is 0 Å². The molecule has 10 atom stereocenters. The fourth-order valence-electron chi connectivity index (χ4n) is 3.37. The van der Waals surface area contributed by atoms with E-state index in [1.165, 1.54) is 0 Å². The summed E-state index contributed by atoms with van der Waals surface area (Å²) < 4.78 is 48.9. The van der Waals surface area contributed by atoms with Gasteiger partial charge in [-0.25, -0.2) is 13.9 Å². The molecule has 9 N–H and O–H groups in total. The fourth-order valence-corrected chi connectivity index (χ4v) is 5.58. The number of phosphoric acid groups is 2. The first kappa shape index (κ1) is 29.2. The second kappa shape index (κ2) is 11.2. The molecule has 36 heavy (non-hydrogen) atoms. The highest BCUT2D eigenvalue weighted by atomic mass is 31.3. The zero-order valence-electron chi connectivity index (χ0n) is 17.9. The van der Waals surface area contributed by atoms with Gasteiger partial charge in [-0.2, -0.15) is 4.31 Å². The van der Waals surface area contributed by atoms with Crippen molar-refractivity contribution in [2.24, 2.45) is 0 Å². The van der Waals surface area contributed by atoms with E-state index in [1.807, 2.05) is 4.98 Å². The Labute approximate surface area is 199 Å². The summed E-state index contributed by atoms with van der Waals surface area (Å²) in [6.07, 6.45) is -15.6. The molecule has 3 heterocycles. The highest BCUT2D eigenvalue weighted by Crippen LogP contribution is 2.62. The van der Waals surface area contributed by atoms with Gasteiger partial charge in [0.2, 0.25) is 0 Å². The molecule has 0 bridgehead atoms. The highest BCUT2D eigenvalue weighted by molar-refractivity contribution is 7.61. The number of nitrogens with zero attached hydrogens (tertiary/aromatic N) is 1. The van der Waals surface area contributed by atoms with Crippen molar-refractivity contribution in [2.45, 2.75) is 55.2 Å². The SMILES string of the molecule is O=c1ccn([C@H]2O[C@@H](COP(=O)(O[C@@H]3O[C@H](CO)[C@H](O)[C@H](O)[C@@H]3O)OP(=O)(O)O)C(O)C2O)c(=O)[nH]1. The number of aromatic nitrogens is 2. The van der Waals surface area contributed by atoms with Crippen LogP contribution in [-0.2, 0) is 32.0 Å². The third kappa shape index (κ3) is 6.54. The number of aliphatic hydroxyl groups excluding tert-OH is 6. The van der Waals surface area contributed by atoms with Gasteiger partial charge in [0.1, 0.15) is 42.7 Å². The second-order valence-electron chi connectivity index (χ2n) is 7.68. The zero-order valence-corrected chi connectivity index (χ0v) is 19.6. The van der Waals surface area contributed by atoms with Crippen molar-refractivity contribution in [1.82, 2.24) is 9.55 Å². The number of hydrogen-bond donors (Lipinski definition) is 9. The molecule has 0 spiro atoms. The van der Waals surface area contributed by atoms with Gasteiger partial charge < -0.3 is 49.9 Å². The van der Waals surface area contributed by atoms with Gasteiger partial charge in [-0.05, 0) is 0 Å². The molecule has 3 unspecified atom stereocenters. The van der Waals surface area contributed by atoms with Crippen LogP contribution < -0.4 is 11.2 Å². The number of rotatable bonds is 9. The standard InChI is InChI=1S/C15H24N2O17P2/c18-3-5-8(20)10(22)12(24)14(32-5)33-36(29,34-35(26,27)28)30-4-6-9(21)11(23)13(31-6)17-2-1-7(19)16-15(17)25/h1-2,5-6,8-14,18,20-24H,3-4H2,(H,16,19,25)(H2,26,27,28)/t5-,6+,8+,9?,10+,11?,12+,13+,14+,36?/m1/s1. The molecule has 0 aliphatic carbocycles. The minimum Gasteiger partial charge on any atom is -0.394 e. The number of aromatic amines is 1. The van der Waals surface area contributed by atoms with Crippen molar-refractivity contribution in [2.75, 3.05) is 13.2 Å². The molecule has 2 aliphatic rings. The molecule has 206 valence electrons. The molecule has 0 saturated carbocycles. The summed E-state index contributed by atoms with van der Waals surface area (Å²) >= 11 is 0. The molecular weight excluding hydrogens is 542 g/mol. The number of nitrogens with one attached hydrogen (secondary N) is 1. The lowest BCUT2D eigenvalue weighted by Crippen LogP contribution is -2.59. The van der Waals surface area contributed by atoms with Crippen molar-refractivity contribution >= 4 is 15.6 Å². The quantitative estimate of drug-likeness (QED) is 0.127.